The quantitative estimate of drug-likeness (QED) is 0.810. The van der Waals surface area contributed by atoms with E-state index in [-0.39, 0.29) is 12.0 Å². The van der Waals surface area contributed by atoms with E-state index < -0.39 is 16.3 Å². The molecule has 6 heteroatoms. The van der Waals surface area contributed by atoms with E-state index in [1.165, 1.54) is 4.31 Å². The van der Waals surface area contributed by atoms with Gasteiger partial charge in [-0.05, 0) is 30.1 Å². The van der Waals surface area contributed by atoms with Crippen LogP contribution in [0.4, 0.5) is 0 Å². The van der Waals surface area contributed by atoms with Gasteiger partial charge in [-0.1, -0.05) is 34.6 Å². The predicted octanol–water partition coefficient (Wildman–Crippen LogP) is 1.60. The molecule has 0 aromatic rings. The van der Waals surface area contributed by atoms with Crippen molar-refractivity contribution in [3.63, 3.8) is 0 Å². The lowest BCUT2D eigenvalue weighted by Crippen LogP contribution is -2.49. The Labute approximate surface area is 123 Å². The van der Waals surface area contributed by atoms with Gasteiger partial charge < -0.3 is 5.11 Å². The fourth-order valence-electron chi connectivity index (χ4n) is 2.87. The summed E-state index contributed by atoms with van der Waals surface area (Å²) in [5, 5.41) is 9.91. The van der Waals surface area contributed by atoms with E-state index in [1.54, 1.807) is 0 Å². The lowest BCUT2D eigenvalue weighted by Gasteiger charge is -2.34. The van der Waals surface area contributed by atoms with Gasteiger partial charge in [0, 0.05) is 19.6 Å². The van der Waals surface area contributed by atoms with E-state index in [4.69, 9.17) is 0 Å². The molecule has 0 bridgehead atoms. The van der Waals surface area contributed by atoms with Gasteiger partial charge in [0.2, 0.25) is 0 Å². The second-order valence-corrected chi connectivity index (χ2v) is 9.29. The van der Waals surface area contributed by atoms with E-state index >= 15 is 0 Å². The minimum Gasteiger partial charge on any atom is -0.392 e. The molecule has 5 nitrogen and oxygen atoms in total. The predicted molar refractivity (Wildman–Crippen MR) is 81.5 cm³/mol. The average molecular weight is 306 g/mol. The van der Waals surface area contributed by atoms with Crippen LogP contribution in [0.15, 0.2) is 0 Å². The van der Waals surface area contributed by atoms with Crippen LogP contribution in [0.1, 0.15) is 47.5 Å². The Kier molecular flexibility index (Phi) is 6.01. The molecule has 0 aliphatic carbocycles. The summed E-state index contributed by atoms with van der Waals surface area (Å²) >= 11 is 0. The fraction of sp³-hybridized carbons (Fsp3) is 1.00. The monoisotopic (exact) mass is 306 g/mol. The number of rotatable bonds is 5. The summed E-state index contributed by atoms with van der Waals surface area (Å²) in [5.74, 6) is 0.768. The molecule has 1 rings (SSSR count). The molecule has 3 unspecified atom stereocenters. The van der Waals surface area contributed by atoms with Crippen LogP contribution in [0.2, 0.25) is 0 Å². The molecule has 0 spiro atoms. The Morgan fingerprint density at radius 3 is 2.20 bits per heavy atom. The summed E-state index contributed by atoms with van der Waals surface area (Å²) in [6.07, 6.45) is 0.991. The molecule has 0 saturated carbocycles. The van der Waals surface area contributed by atoms with Crippen LogP contribution in [-0.2, 0) is 10.2 Å². The highest BCUT2D eigenvalue weighted by atomic mass is 32.2. The molecule has 3 atom stereocenters. The zero-order valence-electron chi connectivity index (χ0n) is 13.4. The molecule has 120 valence electrons. The topological polar surface area (TPSA) is 69.6 Å². The van der Waals surface area contributed by atoms with E-state index in [1.807, 2.05) is 20.8 Å². The van der Waals surface area contributed by atoms with Crippen LogP contribution in [0.5, 0.6) is 0 Å². The number of aliphatic hydroxyl groups is 1. The molecule has 2 N–H and O–H groups in total. The molecule has 1 aliphatic heterocycles. The average Bonchev–Trinajstić information content (AvgIpc) is 2.23. The van der Waals surface area contributed by atoms with Gasteiger partial charge in [-0.3, -0.25) is 0 Å². The zero-order valence-corrected chi connectivity index (χ0v) is 14.2. The van der Waals surface area contributed by atoms with Gasteiger partial charge in [0.1, 0.15) is 0 Å². The van der Waals surface area contributed by atoms with Gasteiger partial charge in [-0.2, -0.15) is 17.4 Å². The van der Waals surface area contributed by atoms with Crippen LogP contribution in [-0.4, -0.2) is 43.6 Å². The van der Waals surface area contributed by atoms with E-state index in [9.17, 15) is 13.5 Å². The first kappa shape index (κ1) is 17.9. The van der Waals surface area contributed by atoms with Crippen LogP contribution in [0.3, 0.4) is 0 Å². The SMILES string of the molecule is CC1CC(C)CN(S(=O)(=O)NCC(O)CC(C)(C)C)C1. The molecule has 1 saturated heterocycles. The number of aliphatic hydroxyl groups excluding tert-OH is 1. The summed E-state index contributed by atoms with van der Waals surface area (Å²) in [6.45, 7) is 11.4. The van der Waals surface area contributed by atoms with Crippen molar-refractivity contribution in [2.45, 2.75) is 53.6 Å². The largest absolute Gasteiger partial charge is 0.392 e. The minimum absolute atomic E-state index is 0.0149. The summed E-state index contributed by atoms with van der Waals surface area (Å²) in [5.41, 5.74) is -0.0149. The maximum atomic E-state index is 12.3. The van der Waals surface area contributed by atoms with Crippen LogP contribution in [0, 0.1) is 17.3 Å². The smallest absolute Gasteiger partial charge is 0.279 e. The number of nitrogens with zero attached hydrogens (tertiary/aromatic N) is 1. The first-order valence-corrected chi connectivity index (χ1v) is 8.86. The van der Waals surface area contributed by atoms with Crippen LogP contribution < -0.4 is 4.72 Å². The summed E-state index contributed by atoms with van der Waals surface area (Å²) in [7, 11) is -3.48. The Morgan fingerprint density at radius 1 is 1.25 bits per heavy atom. The first-order chi connectivity index (χ1) is 8.99. The summed E-state index contributed by atoms with van der Waals surface area (Å²) in [4.78, 5) is 0. The molecule has 1 fully saturated rings. The Balaban J connectivity index is 2.53. The minimum atomic E-state index is -3.48. The highest BCUT2D eigenvalue weighted by Crippen LogP contribution is 2.23. The first-order valence-electron chi connectivity index (χ1n) is 7.42. The molecular weight excluding hydrogens is 276 g/mol. The Morgan fingerprint density at radius 2 is 1.75 bits per heavy atom. The van der Waals surface area contributed by atoms with Crippen molar-refractivity contribution < 1.29 is 13.5 Å². The fourth-order valence-corrected chi connectivity index (χ4v) is 4.36. The molecule has 0 amide bonds. The van der Waals surface area contributed by atoms with Gasteiger partial charge >= 0.3 is 0 Å². The van der Waals surface area contributed by atoms with Gasteiger partial charge in [0.15, 0.2) is 0 Å². The second kappa shape index (κ2) is 6.73. The van der Waals surface area contributed by atoms with E-state index in [0.717, 1.165) is 6.42 Å². The number of piperidine rings is 1. The molecule has 0 aromatic carbocycles. The van der Waals surface area contributed by atoms with Crippen molar-refractivity contribution >= 4 is 10.2 Å². The van der Waals surface area contributed by atoms with Gasteiger partial charge in [0.05, 0.1) is 6.10 Å². The van der Waals surface area contributed by atoms with Gasteiger partial charge in [0.25, 0.3) is 10.2 Å². The zero-order chi connectivity index (χ0) is 15.6. The lowest BCUT2D eigenvalue weighted by atomic mass is 9.89. The summed E-state index contributed by atoms with van der Waals surface area (Å²) in [6, 6.07) is 0. The molecule has 0 radical (unpaired) electrons. The molecule has 20 heavy (non-hydrogen) atoms. The lowest BCUT2D eigenvalue weighted by molar-refractivity contribution is 0.124. The van der Waals surface area contributed by atoms with Crippen molar-refractivity contribution in [2.24, 2.45) is 17.3 Å². The summed E-state index contributed by atoms with van der Waals surface area (Å²) < 4.78 is 28.6. The Bertz CT molecular complexity index is 393. The normalized spacial score (nSPS) is 27.5. The Hall–Kier alpha value is -0.170. The third-order valence-electron chi connectivity index (χ3n) is 3.52. The van der Waals surface area contributed by atoms with Crippen molar-refractivity contribution in [1.29, 1.82) is 0 Å². The number of nitrogens with one attached hydrogen (secondary N) is 1. The van der Waals surface area contributed by atoms with Crippen molar-refractivity contribution in [1.82, 2.24) is 9.03 Å². The third kappa shape index (κ3) is 6.08. The highest BCUT2D eigenvalue weighted by Gasteiger charge is 2.30. The van der Waals surface area contributed by atoms with Crippen molar-refractivity contribution in [2.75, 3.05) is 19.6 Å². The number of hydrogen-bond acceptors (Lipinski definition) is 3. The van der Waals surface area contributed by atoms with Gasteiger partial charge in [-0.15, -0.1) is 0 Å². The van der Waals surface area contributed by atoms with Crippen LogP contribution >= 0.6 is 0 Å². The maximum absolute atomic E-state index is 12.3. The highest BCUT2D eigenvalue weighted by molar-refractivity contribution is 7.87. The molecule has 1 heterocycles. The number of hydrogen-bond donors (Lipinski definition) is 2. The van der Waals surface area contributed by atoms with Crippen molar-refractivity contribution in [3.8, 4) is 0 Å². The molecular formula is C14H30N2O3S. The molecule has 0 aromatic heterocycles. The third-order valence-corrected chi connectivity index (χ3v) is 5.03. The van der Waals surface area contributed by atoms with Gasteiger partial charge in [-0.25, -0.2) is 0 Å². The van der Waals surface area contributed by atoms with Crippen LogP contribution in [0.25, 0.3) is 0 Å². The molecule has 1 aliphatic rings. The van der Waals surface area contributed by atoms with E-state index in [0.29, 0.717) is 31.3 Å². The standard InChI is InChI=1S/C14H30N2O3S/c1-11-6-12(2)10-16(9-11)20(18,19)15-8-13(17)7-14(3,4)5/h11-13,15,17H,6-10H2,1-5H3. The second-order valence-electron chi connectivity index (χ2n) is 7.54. The maximum Gasteiger partial charge on any atom is 0.279 e. The van der Waals surface area contributed by atoms with Crippen molar-refractivity contribution in [3.05, 3.63) is 0 Å². The van der Waals surface area contributed by atoms with E-state index in [2.05, 4.69) is 18.6 Å².